The highest BCUT2D eigenvalue weighted by Crippen LogP contribution is 2.11. The van der Waals surface area contributed by atoms with Crippen molar-refractivity contribution in [1.82, 2.24) is 4.90 Å². The quantitative estimate of drug-likeness (QED) is 0.320. The Hall–Kier alpha value is -2.44. The van der Waals surface area contributed by atoms with E-state index in [0.717, 1.165) is 17.1 Å². The predicted octanol–water partition coefficient (Wildman–Crippen LogP) is 1.65. The SMILES string of the molecule is C=CC(=O)OC(C)N(C(=O)/N=C/C)C(C)OC(=O)C=C. The highest BCUT2D eigenvalue weighted by atomic mass is 16.6. The Morgan fingerprint density at radius 3 is 1.75 bits per heavy atom. The lowest BCUT2D eigenvalue weighted by Crippen LogP contribution is -2.47. The highest BCUT2D eigenvalue weighted by molar-refractivity contribution is 5.85. The maximum absolute atomic E-state index is 11.9. The monoisotopic (exact) mass is 282 g/mol. The number of amides is 2. The molecule has 7 heteroatoms. The number of hydrogen-bond acceptors (Lipinski definition) is 5. The van der Waals surface area contributed by atoms with Crippen LogP contribution in [0.3, 0.4) is 0 Å². The van der Waals surface area contributed by atoms with E-state index in [1.165, 1.54) is 20.1 Å². The maximum Gasteiger partial charge on any atom is 0.348 e. The van der Waals surface area contributed by atoms with Crippen molar-refractivity contribution in [2.24, 2.45) is 4.99 Å². The lowest BCUT2D eigenvalue weighted by Gasteiger charge is -2.31. The fourth-order valence-electron chi connectivity index (χ4n) is 1.33. The molecule has 0 aromatic heterocycles. The topological polar surface area (TPSA) is 85.3 Å². The molecule has 2 unspecified atom stereocenters. The minimum atomic E-state index is -0.982. The van der Waals surface area contributed by atoms with Crippen LogP contribution in [0.1, 0.15) is 20.8 Å². The standard InChI is InChI=1S/C13H18N2O5/c1-6-11(16)19-9(4)15(13(18)14-8-3)10(5)20-12(17)7-2/h6-10H,1-2H2,3-5H3/b14-8+. The fourth-order valence-corrected chi connectivity index (χ4v) is 1.33. The maximum atomic E-state index is 11.9. The molecule has 0 heterocycles. The molecule has 0 spiro atoms. The number of carbonyl (C=O) groups excluding carboxylic acids is 3. The molecule has 0 aromatic rings. The summed E-state index contributed by atoms with van der Waals surface area (Å²) in [5.74, 6) is -1.42. The van der Waals surface area contributed by atoms with Gasteiger partial charge in [0.15, 0.2) is 12.5 Å². The number of hydrogen-bond donors (Lipinski definition) is 0. The van der Waals surface area contributed by atoms with Gasteiger partial charge < -0.3 is 9.47 Å². The Balaban J connectivity index is 5.10. The van der Waals surface area contributed by atoms with Gasteiger partial charge in [-0.1, -0.05) is 13.2 Å². The van der Waals surface area contributed by atoms with Gasteiger partial charge in [-0.25, -0.2) is 19.4 Å². The van der Waals surface area contributed by atoms with Gasteiger partial charge in [0.25, 0.3) is 0 Å². The van der Waals surface area contributed by atoms with E-state index in [4.69, 9.17) is 9.47 Å². The second-order valence-corrected chi connectivity index (χ2v) is 3.56. The third-order valence-electron chi connectivity index (χ3n) is 2.15. The summed E-state index contributed by atoms with van der Waals surface area (Å²) in [7, 11) is 0. The average Bonchev–Trinajstić information content (AvgIpc) is 2.38. The molecule has 0 radical (unpaired) electrons. The number of carbonyl (C=O) groups is 3. The molecule has 0 aliphatic heterocycles. The molecule has 0 bridgehead atoms. The van der Waals surface area contributed by atoms with E-state index >= 15 is 0 Å². The summed E-state index contributed by atoms with van der Waals surface area (Å²) in [6, 6.07) is -0.707. The minimum absolute atomic E-state index is 0.707. The van der Waals surface area contributed by atoms with Crippen molar-refractivity contribution in [3.05, 3.63) is 25.3 Å². The first-order valence-corrected chi connectivity index (χ1v) is 5.84. The van der Waals surface area contributed by atoms with Crippen LogP contribution in [0, 0.1) is 0 Å². The molecule has 0 aliphatic rings. The molecule has 2 amide bonds. The molecular weight excluding hydrogens is 264 g/mol. The zero-order chi connectivity index (χ0) is 15.7. The first-order chi connectivity index (χ1) is 9.37. The van der Waals surface area contributed by atoms with Gasteiger partial charge in [-0.05, 0) is 20.8 Å². The molecule has 0 fully saturated rings. The highest BCUT2D eigenvalue weighted by Gasteiger charge is 2.29. The number of esters is 2. The number of urea groups is 1. The molecule has 20 heavy (non-hydrogen) atoms. The van der Waals surface area contributed by atoms with Crippen molar-refractivity contribution in [2.75, 3.05) is 0 Å². The second-order valence-electron chi connectivity index (χ2n) is 3.56. The molecule has 0 saturated heterocycles. The van der Waals surface area contributed by atoms with Crippen molar-refractivity contribution in [3.63, 3.8) is 0 Å². The van der Waals surface area contributed by atoms with E-state index < -0.39 is 30.4 Å². The molecule has 2 atom stereocenters. The lowest BCUT2D eigenvalue weighted by atomic mass is 10.4. The summed E-state index contributed by atoms with van der Waals surface area (Å²) >= 11 is 0. The third-order valence-corrected chi connectivity index (χ3v) is 2.15. The van der Waals surface area contributed by atoms with Crippen LogP contribution in [-0.4, -0.2) is 41.5 Å². The van der Waals surface area contributed by atoms with Gasteiger partial charge in [0.2, 0.25) is 0 Å². The van der Waals surface area contributed by atoms with Crippen LogP contribution in [-0.2, 0) is 19.1 Å². The van der Waals surface area contributed by atoms with E-state index in [0.29, 0.717) is 0 Å². The molecule has 0 aromatic carbocycles. The first kappa shape index (κ1) is 17.6. The average molecular weight is 282 g/mol. The van der Waals surface area contributed by atoms with Gasteiger partial charge in [-0.15, -0.1) is 0 Å². The molecule has 0 saturated carbocycles. The summed E-state index contributed by atoms with van der Waals surface area (Å²) in [4.78, 5) is 38.8. The summed E-state index contributed by atoms with van der Waals surface area (Å²) in [5, 5.41) is 0. The number of rotatable bonds is 6. The van der Waals surface area contributed by atoms with Gasteiger partial charge in [0, 0.05) is 18.4 Å². The molecular formula is C13H18N2O5. The van der Waals surface area contributed by atoms with Gasteiger partial charge in [-0.3, -0.25) is 4.90 Å². The minimum Gasteiger partial charge on any atom is -0.438 e. The van der Waals surface area contributed by atoms with Crippen molar-refractivity contribution in [2.45, 2.75) is 33.2 Å². The van der Waals surface area contributed by atoms with Crippen LogP contribution in [0.15, 0.2) is 30.3 Å². The third kappa shape index (κ3) is 5.47. The summed E-state index contributed by atoms with van der Waals surface area (Å²) in [5.41, 5.74) is 0. The van der Waals surface area contributed by atoms with Crippen LogP contribution in [0.5, 0.6) is 0 Å². The van der Waals surface area contributed by atoms with Crippen LogP contribution in [0.4, 0.5) is 4.79 Å². The van der Waals surface area contributed by atoms with Crippen molar-refractivity contribution < 1.29 is 23.9 Å². The predicted molar refractivity (Wildman–Crippen MR) is 72.9 cm³/mol. The zero-order valence-corrected chi connectivity index (χ0v) is 11.7. The van der Waals surface area contributed by atoms with E-state index in [-0.39, 0.29) is 0 Å². The molecule has 0 aliphatic carbocycles. The van der Waals surface area contributed by atoms with Crippen molar-refractivity contribution in [1.29, 1.82) is 0 Å². The fraction of sp³-hybridized carbons (Fsp3) is 0.385. The first-order valence-electron chi connectivity index (χ1n) is 5.84. The summed E-state index contributed by atoms with van der Waals surface area (Å²) in [6.45, 7) is 11.0. The van der Waals surface area contributed by atoms with Gasteiger partial charge >= 0.3 is 18.0 Å². The Morgan fingerprint density at radius 2 is 1.45 bits per heavy atom. The van der Waals surface area contributed by atoms with Crippen molar-refractivity contribution >= 4 is 24.2 Å². The largest absolute Gasteiger partial charge is 0.438 e. The Bertz CT molecular complexity index is 402. The van der Waals surface area contributed by atoms with Gasteiger partial charge in [0.1, 0.15) is 0 Å². The summed E-state index contributed by atoms with van der Waals surface area (Å²) < 4.78 is 9.85. The molecule has 7 nitrogen and oxygen atoms in total. The number of nitrogens with zero attached hydrogens (tertiary/aromatic N) is 2. The van der Waals surface area contributed by atoms with Crippen LogP contribution < -0.4 is 0 Å². The van der Waals surface area contributed by atoms with E-state index in [1.807, 2.05) is 0 Å². The number of ether oxygens (including phenoxy) is 2. The Morgan fingerprint density at radius 1 is 1.05 bits per heavy atom. The van der Waals surface area contributed by atoms with Gasteiger partial charge in [0.05, 0.1) is 0 Å². The summed E-state index contributed by atoms with van der Waals surface area (Å²) in [6.07, 6.45) is 1.23. The van der Waals surface area contributed by atoms with Crippen molar-refractivity contribution in [3.8, 4) is 0 Å². The number of aliphatic imine (C=N–C) groups is 1. The molecule has 110 valence electrons. The Kier molecular flexibility index (Phi) is 7.57. The van der Waals surface area contributed by atoms with Crippen LogP contribution in [0.2, 0.25) is 0 Å². The van der Waals surface area contributed by atoms with Gasteiger partial charge in [-0.2, -0.15) is 0 Å². The zero-order valence-electron chi connectivity index (χ0n) is 11.7. The Labute approximate surface area is 117 Å². The van der Waals surface area contributed by atoms with Crippen LogP contribution in [0.25, 0.3) is 0 Å². The van der Waals surface area contributed by atoms with Crippen LogP contribution >= 0.6 is 0 Å². The smallest absolute Gasteiger partial charge is 0.348 e. The van der Waals surface area contributed by atoms with E-state index in [2.05, 4.69) is 18.2 Å². The second kappa shape index (κ2) is 8.63. The van der Waals surface area contributed by atoms with E-state index in [9.17, 15) is 14.4 Å². The van der Waals surface area contributed by atoms with E-state index in [1.54, 1.807) is 6.92 Å². The molecule has 0 rings (SSSR count). The lowest BCUT2D eigenvalue weighted by molar-refractivity contribution is -0.165. The normalized spacial score (nSPS) is 13.2. The molecule has 0 N–H and O–H groups in total.